The van der Waals surface area contributed by atoms with E-state index in [-0.39, 0.29) is 12.4 Å². The van der Waals surface area contributed by atoms with Crippen LogP contribution in [0.5, 0.6) is 5.75 Å². The van der Waals surface area contributed by atoms with Gasteiger partial charge in [-0.1, -0.05) is 19.1 Å². The molecule has 80 valence electrons. The lowest BCUT2D eigenvalue weighted by molar-refractivity contribution is 0.317. The highest BCUT2D eigenvalue weighted by molar-refractivity contribution is 5.85. The summed E-state index contributed by atoms with van der Waals surface area (Å²) in [6, 6.07) is 8.20. The summed E-state index contributed by atoms with van der Waals surface area (Å²) in [6.07, 6.45) is 1.05. The number of rotatable bonds is 5. The summed E-state index contributed by atoms with van der Waals surface area (Å²) in [5.74, 6) is 0.960. The van der Waals surface area contributed by atoms with Crippen LogP contribution >= 0.6 is 12.4 Å². The lowest BCUT2D eigenvalue weighted by Crippen LogP contribution is -2.04. The summed E-state index contributed by atoms with van der Waals surface area (Å²) >= 11 is 0. The van der Waals surface area contributed by atoms with Crippen LogP contribution in [0, 0.1) is 0 Å². The number of benzene rings is 1. The Balaban J connectivity index is 0.00000169. The molecule has 0 aliphatic carbocycles. The highest BCUT2D eigenvalue weighted by Gasteiger charge is 1.93. The standard InChI is InChI=1S/C11H17NO.ClH/c1-3-8-13-11-6-4-10(5-7-11)9-12-2;/h4-7,12H,3,8-9H2,1-2H3;1H. The van der Waals surface area contributed by atoms with Crippen molar-refractivity contribution in [3.63, 3.8) is 0 Å². The fourth-order valence-corrected chi connectivity index (χ4v) is 1.13. The van der Waals surface area contributed by atoms with Gasteiger partial charge in [-0.25, -0.2) is 0 Å². The number of halogens is 1. The molecule has 0 unspecified atom stereocenters. The molecule has 0 spiro atoms. The van der Waals surface area contributed by atoms with Gasteiger partial charge >= 0.3 is 0 Å². The molecule has 0 atom stereocenters. The minimum atomic E-state index is 0. The quantitative estimate of drug-likeness (QED) is 0.816. The van der Waals surface area contributed by atoms with Crippen LogP contribution in [-0.4, -0.2) is 13.7 Å². The van der Waals surface area contributed by atoms with Crippen LogP contribution in [0.3, 0.4) is 0 Å². The number of hydrogen-bond acceptors (Lipinski definition) is 2. The molecule has 0 aliphatic heterocycles. The van der Waals surface area contributed by atoms with E-state index < -0.39 is 0 Å². The predicted molar refractivity (Wildman–Crippen MR) is 62.2 cm³/mol. The van der Waals surface area contributed by atoms with E-state index in [0.29, 0.717) is 0 Å². The van der Waals surface area contributed by atoms with Gasteiger partial charge in [0.15, 0.2) is 0 Å². The molecule has 0 saturated heterocycles. The molecule has 0 aromatic heterocycles. The third kappa shape index (κ3) is 4.49. The Bertz CT molecular complexity index is 236. The Kier molecular flexibility index (Phi) is 7.25. The molecule has 0 aliphatic rings. The summed E-state index contributed by atoms with van der Waals surface area (Å²) < 4.78 is 5.47. The largest absolute Gasteiger partial charge is 0.494 e. The maximum absolute atomic E-state index is 5.47. The van der Waals surface area contributed by atoms with E-state index in [1.165, 1.54) is 5.56 Å². The normalized spacial score (nSPS) is 9.29. The van der Waals surface area contributed by atoms with E-state index in [9.17, 15) is 0 Å². The van der Waals surface area contributed by atoms with Gasteiger partial charge in [0.1, 0.15) is 5.75 Å². The molecule has 14 heavy (non-hydrogen) atoms. The molecular formula is C11H18ClNO. The van der Waals surface area contributed by atoms with Gasteiger partial charge in [-0.05, 0) is 31.2 Å². The molecule has 0 amide bonds. The SMILES string of the molecule is CCCOc1ccc(CNC)cc1.Cl. The van der Waals surface area contributed by atoms with Gasteiger partial charge in [0, 0.05) is 6.54 Å². The van der Waals surface area contributed by atoms with Crippen molar-refractivity contribution < 1.29 is 4.74 Å². The van der Waals surface area contributed by atoms with E-state index >= 15 is 0 Å². The lowest BCUT2D eigenvalue weighted by Gasteiger charge is -2.05. The van der Waals surface area contributed by atoms with Crippen molar-refractivity contribution >= 4 is 12.4 Å². The molecule has 1 rings (SSSR count). The van der Waals surface area contributed by atoms with Gasteiger partial charge in [0.2, 0.25) is 0 Å². The fourth-order valence-electron chi connectivity index (χ4n) is 1.13. The summed E-state index contributed by atoms with van der Waals surface area (Å²) in [5, 5.41) is 3.11. The fraction of sp³-hybridized carbons (Fsp3) is 0.455. The predicted octanol–water partition coefficient (Wildman–Crippen LogP) is 2.62. The van der Waals surface area contributed by atoms with E-state index in [1.54, 1.807) is 0 Å². The van der Waals surface area contributed by atoms with Crippen molar-refractivity contribution in [1.82, 2.24) is 5.32 Å². The van der Waals surface area contributed by atoms with Crippen LogP contribution in [0.1, 0.15) is 18.9 Å². The Labute approximate surface area is 92.1 Å². The Hall–Kier alpha value is -0.730. The van der Waals surface area contributed by atoms with Crippen LogP contribution in [0.15, 0.2) is 24.3 Å². The first-order valence-corrected chi connectivity index (χ1v) is 4.73. The molecule has 0 radical (unpaired) electrons. The first-order chi connectivity index (χ1) is 6.36. The van der Waals surface area contributed by atoms with Gasteiger partial charge in [-0.3, -0.25) is 0 Å². The van der Waals surface area contributed by atoms with Gasteiger partial charge in [-0.2, -0.15) is 0 Å². The van der Waals surface area contributed by atoms with Gasteiger partial charge in [0.05, 0.1) is 6.61 Å². The maximum Gasteiger partial charge on any atom is 0.119 e. The van der Waals surface area contributed by atoms with Crippen LogP contribution in [0.2, 0.25) is 0 Å². The second kappa shape index (κ2) is 7.65. The third-order valence-corrected chi connectivity index (χ3v) is 1.78. The van der Waals surface area contributed by atoms with Crippen LogP contribution < -0.4 is 10.1 Å². The van der Waals surface area contributed by atoms with Crippen molar-refractivity contribution in [1.29, 1.82) is 0 Å². The molecule has 0 heterocycles. The number of ether oxygens (including phenoxy) is 1. The molecule has 0 bridgehead atoms. The summed E-state index contributed by atoms with van der Waals surface area (Å²) in [7, 11) is 1.95. The molecule has 0 fully saturated rings. The summed E-state index contributed by atoms with van der Waals surface area (Å²) in [6.45, 7) is 3.81. The molecule has 1 N–H and O–H groups in total. The Morgan fingerprint density at radius 1 is 1.21 bits per heavy atom. The molecule has 1 aromatic carbocycles. The Morgan fingerprint density at radius 3 is 2.36 bits per heavy atom. The molecule has 2 nitrogen and oxygen atoms in total. The second-order valence-electron chi connectivity index (χ2n) is 3.02. The van der Waals surface area contributed by atoms with Crippen molar-refractivity contribution in [3.05, 3.63) is 29.8 Å². The molecule has 3 heteroatoms. The highest BCUT2D eigenvalue weighted by Crippen LogP contribution is 2.11. The second-order valence-corrected chi connectivity index (χ2v) is 3.02. The summed E-state index contributed by atoms with van der Waals surface area (Å²) in [4.78, 5) is 0. The highest BCUT2D eigenvalue weighted by atomic mass is 35.5. The number of nitrogens with one attached hydrogen (secondary N) is 1. The minimum Gasteiger partial charge on any atom is -0.494 e. The van der Waals surface area contributed by atoms with E-state index in [1.807, 2.05) is 19.2 Å². The molecular weight excluding hydrogens is 198 g/mol. The monoisotopic (exact) mass is 215 g/mol. The average Bonchev–Trinajstić information content (AvgIpc) is 2.17. The van der Waals surface area contributed by atoms with Crippen molar-refractivity contribution in [3.8, 4) is 5.75 Å². The first-order valence-electron chi connectivity index (χ1n) is 4.73. The lowest BCUT2D eigenvalue weighted by atomic mass is 10.2. The minimum absolute atomic E-state index is 0. The van der Waals surface area contributed by atoms with Crippen molar-refractivity contribution in [2.45, 2.75) is 19.9 Å². The first kappa shape index (κ1) is 13.3. The maximum atomic E-state index is 5.47. The van der Waals surface area contributed by atoms with Gasteiger partial charge < -0.3 is 10.1 Å². The zero-order valence-electron chi connectivity index (χ0n) is 8.75. The third-order valence-electron chi connectivity index (χ3n) is 1.78. The van der Waals surface area contributed by atoms with Crippen LogP contribution in [-0.2, 0) is 6.54 Å². The molecule has 0 saturated carbocycles. The van der Waals surface area contributed by atoms with Crippen LogP contribution in [0.25, 0.3) is 0 Å². The van der Waals surface area contributed by atoms with Crippen molar-refractivity contribution in [2.24, 2.45) is 0 Å². The summed E-state index contributed by atoms with van der Waals surface area (Å²) in [5.41, 5.74) is 1.28. The molecule has 1 aromatic rings. The van der Waals surface area contributed by atoms with Crippen LogP contribution in [0.4, 0.5) is 0 Å². The van der Waals surface area contributed by atoms with E-state index in [2.05, 4.69) is 24.4 Å². The average molecular weight is 216 g/mol. The zero-order chi connectivity index (χ0) is 9.52. The zero-order valence-corrected chi connectivity index (χ0v) is 9.56. The van der Waals surface area contributed by atoms with Crippen molar-refractivity contribution in [2.75, 3.05) is 13.7 Å². The van der Waals surface area contributed by atoms with Gasteiger partial charge in [-0.15, -0.1) is 12.4 Å². The van der Waals surface area contributed by atoms with Gasteiger partial charge in [0.25, 0.3) is 0 Å². The smallest absolute Gasteiger partial charge is 0.119 e. The number of hydrogen-bond donors (Lipinski definition) is 1. The Morgan fingerprint density at radius 2 is 1.86 bits per heavy atom. The topological polar surface area (TPSA) is 21.3 Å². The van der Waals surface area contributed by atoms with E-state index in [4.69, 9.17) is 4.74 Å². The van der Waals surface area contributed by atoms with E-state index in [0.717, 1.165) is 25.3 Å².